The Morgan fingerprint density at radius 2 is 2.22 bits per heavy atom. The third kappa shape index (κ3) is 3.78. The van der Waals surface area contributed by atoms with Gasteiger partial charge in [0.1, 0.15) is 6.61 Å². The molecule has 0 amide bonds. The zero-order valence-electron chi connectivity index (χ0n) is 10.9. The van der Waals surface area contributed by atoms with Crippen LogP contribution < -0.4 is 0 Å². The van der Waals surface area contributed by atoms with E-state index in [-0.39, 0.29) is 24.8 Å². The van der Waals surface area contributed by atoms with Crippen LogP contribution in [0.2, 0.25) is 0 Å². The summed E-state index contributed by atoms with van der Waals surface area (Å²) in [7, 11) is 1.53. The molecule has 7 nitrogen and oxygen atoms in total. The minimum absolute atomic E-state index is 0.0581. The highest BCUT2D eigenvalue weighted by Gasteiger charge is 2.18. The molecular formula is C11H19N3O4. The van der Waals surface area contributed by atoms with Gasteiger partial charge in [-0.3, -0.25) is 0 Å². The van der Waals surface area contributed by atoms with E-state index >= 15 is 0 Å². The van der Waals surface area contributed by atoms with Crippen LogP contribution in [0.1, 0.15) is 23.1 Å². The Labute approximate surface area is 106 Å². The van der Waals surface area contributed by atoms with Gasteiger partial charge in [0.2, 0.25) is 0 Å². The van der Waals surface area contributed by atoms with E-state index in [0.29, 0.717) is 18.8 Å². The van der Waals surface area contributed by atoms with Gasteiger partial charge in [0, 0.05) is 20.3 Å². The molecule has 0 fully saturated rings. The van der Waals surface area contributed by atoms with Crippen molar-refractivity contribution < 1.29 is 19.4 Å². The highest BCUT2D eigenvalue weighted by Crippen LogP contribution is 2.08. The van der Waals surface area contributed by atoms with E-state index in [9.17, 15) is 4.79 Å². The predicted octanol–water partition coefficient (Wildman–Crippen LogP) is 0.0181. The largest absolute Gasteiger partial charge is 0.458 e. The van der Waals surface area contributed by atoms with E-state index in [1.807, 2.05) is 6.92 Å². The first-order valence-corrected chi connectivity index (χ1v) is 5.77. The number of aliphatic hydroxyl groups is 1. The Hall–Kier alpha value is -1.47. The SMILES string of the molecule is COCCOC(=O)c1nnn(CC(C)CO)c1C. The first-order valence-electron chi connectivity index (χ1n) is 5.77. The van der Waals surface area contributed by atoms with Gasteiger partial charge in [-0.15, -0.1) is 5.10 Å². The van der Waals surface area contributed by atoms with E-state index in [1.54, 1.807) is 11.6 Å². The number of carbonyl (C=O) groups is 1. The number of hydrogen-bond acceptors (Lipinski definition) is 6. The van der Waals surface area contributed by atoms with Crippen LogP contribution in [0.25, 0.3) is 0 Å². The summed E-state index contributed by atoms with van der Waals surface area (Å²) in [5.74, 6) is -0.449. The average Bonchev–Trinajstić information content (AvgIpc) is 2.71. The standard InChI is InChI=1S/C11H19N3O4/c1-8(7-15)6-14-9(2)10(12-13-14)11(16)18-5-4-17-3/h8,15H,4-7H2,1-3H3. The molecule has 7 heteroatoms. The Balaban J connectivity index is 2.64. The highest BCUT2D eigenvalue weighted by atomic mass is 16.6. The number of nitrogens with zero attached hydrogens (tertiary/aromatic N) is 3. The van der Waals surface area contributed by atoms with Gasteiger partial charge >= 0.3 is 5.97 Å². The predicted molar refractivity (Wildman–Crippen MR) is 63.2 cm³/mol. The van der Waals surface area contributed by atoms with E-state index < -0.39 is 5.97 Å². The van der Waals surface area contributed by atoms with Crippen molar-refractivity contribution >= 4 is 5.97 Å². The normalized spacial score (nSPS) is 12.4. The van der Waals surface area contributed by atoms with Gasteiger partial charge in [-0.05, 0) is 12.8 Å². The molecule has 0 saturated heterocycles. The van der Waals surface area contributed by atoms with Gasteiger partial charge in [-0.1, -0.05) is 12.1 Å². The van der Waals surface area contributed by atoms with Gasteiger partial charge in [-0.25, -0.2) is 9.48 Å². The maximum absolute atomic E-state index is 11.7. The van der Waals surface area contributed by atoms with Crippen molar-refractivity contribution in [2.24, 2.45) is 5.92 Å². The quantitative estimate of drug-likeness (QED) is 0.547. The third-order valence-corrected chi connectivity index (χ3v) is 2.49. The molecule has 1 aromatic rings. The Morgan fingerprint density at radius 3 is 2.83 bits per heavy atom. The summed E-state index contributed by atoms with van der Waals surface area (Å²) in [6, 6.07) is 0. The van der Waals surface area contributed by atoms with Crippen LogP contribution >= 0.6 is 0 Å². The first-order chi connectivity index (χ1) is 8.60. The monoisotopic (exact) mass is 257 g/mol. The van der Waals surface area contributed by atoms with Gasteiger partial charge in [0.25, 0.3) is 0 Å². The zero-order chi connectivity index (χ0) is 13.5. The number of rotatable bonds is 7. The van der Waals surface area contributed by atoms with Crippen molar-refractivity contribution in [3.63, 3.8) is 0 Å². The van der Waals surface area contributed by atoms with Crippen molar-refractivity contribution in [2.75, 3.05) is 26.9 Å². The molecule has 0 radical (unpaired) electrons. The van der Waals surface area contributed by atoms with Crippen LogP contribution in [-0.4, -0.2) is 53.0 Å². The fraction of sp³-hybridized carbons (Fsp3) is 0.727. The smallest absolute Gasteiger partial charge is 0.360 e. The molecule has 1 N–H and O–H groups in total. The number of methoxy groups -OCH3 is 1. The number of aromatic nitrogens is 3. The van der Waals surface area contributed by atoms with Crippen LogP contribution in [0.15, 0.2) is 0 Å². The molecule has 1 unspecified atom stereocenters. The molecule has 18 heavy (non-hydrogen) atoms. The second-order valence-corrected chi connectivity index (χ2v) is 4.12. The molecule has 1 atom stereocenters. The number of hydrogen-bond donors (Lipinski definition) is 1. The molecule has 0 aliphatic rings. The number of esters is 1. The van der Waals surface area contributed by atoms with E-state index in [4.69, 9.17) is 14.6 Å². The third-order valence-electron chi connectivity index (χ3n) is 2.49. The van der Waals surface area contributed by atoms with Crippen molar-refractivity contribution in [1.29, 1.82) is 0 Å². The lowest BCUT2D eigenvalue weighted by molar-refractivity contribution is 0.0380. The summed E-state index contributed by atoms with van der Waals surface area (Å²) in [5.41, 5.74) is 0.842. The van der Waals surface area contributed by atoms with Crippen LogP contribution in [-0.2, 0) is 16.0 Å². The fourth-order valence-corrected chi connectivity index (χ4v) is 1.36. The van der Waals surface area contributed by atoms with Gasteiger partial charge in [0.05, 0.1) is 12.3 Å². The number of carbonyl (C=O) groups excluding carboxylic acids is 1. The summed E-state index contributed by atoms with van der Waals surface area (Å²) in [4.78, 5) is 11.7. The van der Waals surface area contributed by atoms with E-state index in [1.165, 1.54) is 7.11 Å². The maximum atomic E-state index is 11.7. The minimum atomic E-state index is -0.507. The van der Waals surface area contributed by atoms with Gasteiger partial charge in [0.15, 0.2) is 5.69 Å². The molecular weight excluding hydrogens is 238 g/mol. The Kier molecular flexibility index (Phi) is 5.73. The van der Waals surface area contributed by atoms with Crippen LogP contribution in [0.3, 0.4) is 0 Å². The fourth-order valence-electron chi connectivity index (χ4n) is 1.36. The summed E-state index contributed by atoms with van der Waals surface area (Å²) in [5, 5.41) is 16.7. The summed E-state index contributed by atoms with van der Waals surface area (Å²) in [6.07, 6.45) is 0. The lowest BCUT2D eigenvalue weighted by atomic mass is 10.2. The Bertz CT molecular complexity index is 392. The van der Waals surface area contributed by atoms with Crippen LogP contribution in [0.4, 0.5) is 0 Å². The summed E-state index contributed by atoms with van der Waals surface area (Å²) < 4.78 is 11.3. The number of ether oxygens (including phenoxy) is 2. The van der Waals surface area contributed by atoms with Crippen LogP contribution in [0, 0.1) is 12.8 Å². The van der Waals surface area contributed by atoms with Crippen LogP contribution in [0.5, 0.6) is 0 Å². The summed E-state index contributed by atoms with van der Waals surface area (Å²) >= 11 is 0. The lowest BCUT2D eigenvalue weighted by Crippen LogP contribution is -2.15. The molecule has 1 heterocycles. The lowest BCUT2D eigenvalue weighted by Gasteiger charge is -2.08. The topological polar surface area (TPSA) is 86.5 Å². The second kappa shape index (κ2) is 7.07. The highest BCUT2D eigenvalue weighted by molar-refractivity contribution is 5.88. The molecule has 0 saturated carbocycles. The van der Waals surface area contributed by atoms with E-state index in [0.717, 1.165) is 0 Å². The minimum Gasteiger partial charge on any atom is -0.458 e. The maximum Gasteiger partial charge on any atom is 0.360 e. The first kappa shape index (κ1) is 14.6. The molecule has 102 valence electrons. The van der Waals surface area contributed by atoms with Gasteiger partial charge < -0.3 is 14.6 Å². The molecule has 0 aliphatic carbocycles. The molecule has 1 rings (SSSR count). The molecule has 0 aromatic carbocycles. The number of aliphatic hydroxyl groups excluding tert-OH is 1. The van der Waals surface area contributed by atoms with Crippen molar-refractivity contribution in [3.05, 3.63) is 11.4 Å². The average molecular weight is 257 g/mol. The Morgan fingerprint density at radius 1 is 1.50 bits per heavy atom. The van der Waals surface area contributed by atoms with E-state index in [2.05, 4.69) is 10.3 Å². The molecule has 0 bridgehead atoms. The zero-order valence-corrected chi connectivity index (χ0v) is 10.9. The molecule has 0 spiro atoms. The van der Waals surface area contributed by atoms with Gasteiger partial charge in [-0.2, -0.15) is 0 Å². The second-order valence-electron chi connectivity index (χ2n) is 4.12. The van der Waals surface area contributed by atoms with Crippen molar-refractivity contribution in [2.45, 2.75) is 20.4 Å². The van der Waals surface area contributed by atoms with Crippen molar-refractivity contribution in [1.82, 2.24) is 15.0 Å². The summed E-state index contributed by atoms with van der Waals surface area (Å²) in [6.45, 7) is 4.75. The molecule has 1 aromatic heterocycles. The van der Waals surface area contributed by atoms with Crippen molar-refractivity contribution in [3.8, 4) is 0 Å². The molecule has 0 aliphatic heterocycles.